The molecule has 8 heteroatoms. The molecule has 122 valence electrons. The predicted octanol–water partition coefficient (Wildman–Crippen LogP) is 4.17. The molecule has 1 fully saturated rings. The fourth-order valence-corrected chi connectivity index (χ4v) is 2.58. The van der Waals surface area contributed by atoms with Crippen molar-refractivity contribution in [2.24, 2.45) is 0 Å². The number of hydrogen-bond donors (Lipinski definition) is 1. The van der Waals surface area contributed by atoms with Crippen LogP contribution in [0.15, 0.2) is 18.2 Å². The van der Waals surface area contributed by atoms with E-state index in [1.807, 2.05) is 6.92 Å². The third-order valence-corrected chi connectivity index (χ3v) is 3.82. The van der Waals surface area contributed by atoms with E-state index in [1.165, 1.54) is 6.07 Å². The maximum absolute atomic E-state index is 12.7. The highest BCUT2D eigenvalue weighted by Gasteiger charge is 2.32. The normalized spacial score (nSPS) is 17.6. The first-order valence-electron chi connectivity index (χ1n) is 6.21. The number of benzene rings is 1. The minimum atomic E-state index is -4.33. The van der Waals surface area contributed by atoms with Gasteiger partial charge in [-0.1, -0.05) is 11.6 Å². The van der Waals surface area contributed by atoms with E-state index >= 15 is 0 Å². The number of nitrogens with one attached hydrogen (secondary N) is 1. The van der Waals surface area contributed by atoms with E-state index < -0.39 is 11.7 Å². The molecule has 1 saturated heterocycles. The van der Waals surface area contributed by atoms with Gasteiger partial charge in [-0.05, 0) is 30.7 Å². The van der Waals surface area contributed by atoms with E-state index in [1.54, 1.807) is 0 Å². The molecule has 1 heterocycles. The van der Waals surface area contributed by atoms with Gasteiger partial charge >= 0.3 is 6.18 Å². The van der Waals surface area contributed by atoms with Crippen LogP contribution in [0.4, 0.5) is 13.2 Å². The van der Waals surface area contributed by atoms with Crippen LogP contribution in [0.25, 0.3) is 0 Å². The van der Waals surface area contributed by atoms with Gasteiger partial charge in [0.2, 0.25) is 0 Å². The summed E-state index contributed by atoms with van der Waals surface area (Å²) in [5.74, 6) is 0. The summed E-state index contributed by atoms with van der Waals surface area (Å²) < 4.78 is 38.2. The van der Waals surface area contributed by atoms with E-state index in [9.17, 15) is 13.2 Å². The summed E-state index contributed by atoms with van der Waals surface area (Å²) in [5.41, 5.74) is -0.104. The second-order valence-corrected chi connectivity index (χ2v) is 5.10. The summed E-state index contributed by atoms with van der Waals surface area (Å²) >= 11 is 6.05. The summed E-state index contributed by atoms with van der Waals surface area (Å²) in [6.45, 7) is 5.22. The fraction of sp³-hybridized carbons (Fsp3) is 0.538. The van der Waals surface area contributed by atoms with E-state index in [0.29, 0.717) is 10.6 Å². The molecule has 2 rings (SSSR count). The van der Waals surface area contributed by atoms with Gasteiger partial charge in [0.1, 0.15) is 0 Å². The van der Waals surface area contributed by atoms with Gasteiger partial charge in [0.15, 0.2) is 0 Å². The van der Waals surface area contributed by atoms with Crippen LogP contribution in [0.2, 0.25) is 5.02 Å². The maximum atomic E-state index is 12.7. The molecule has 1 aliphatic rings. The van der Waals surface area contributed by atoms with E-state index in [-0.39, 0.29) is 30.9 Å². The molecular weight excluding hydrogens is 348 g/mol. The van der Waals surface area contributed by atoms with Gasteiger partial charge in [0.25, 0.3) is 0 Å². The zero-order chi connectivity index (χ0) is 14.0. The van der Waals surface area contributed by atoms with Gasteiger partial charge in [0, 0.05) is 37.2 Å². The molecule has 0 saturated carbocycles. The number of alkyl halides is 3. The minimum Gasteiger partial charge on any atom is -0.314 e. The van der Waals surface area contributed by atoms with Crippen molar-refractivity contribution >= 4 is 36.4 Å². The predicted molar refractivity (Wildman–Crippen MR) is 83.8 cm³/mol. The van der Waals surface area contributed by atoms with Crippen LogP contribution in [-0.4, -0.2) is 31.1 Å². The summed E-state index contributed by atoms with van der Waals surface area (Å²) in [6, 6.07) is 3.40. The first-order chi connectivity index (χ1) is 8.89. The lowest BCUT2D eigenvalue weighted by atomic mass is 10.0. The quantitative estimate of drug-likeness (QED) is 0.846. The molecule has 2 nitrogen and oxygen atoms in total. The largest absolute Gasteiger partial charge is 0.416 e. The first-order valence-corrected chi connectivity index (χ1v) is 6.59. The Morgan fingerprint density at radius 1 is 1.19 bits per heavy atom. The molecule has 0 aromatic heterocycles. The van der Waals surface area contributed by atoms with Gasteiger partial charge in [-0.3, -0.25) is 4.90 Å². The fourth-order valence-electron chi connectivity index (χ4n) is 2.31. The van der Waals surface area contributed by atoms with E-state index in [2.05, 4.69) is 10.2 Å². The molecule has 0 amide bonds. The second-order valence-electron chi connectivity index (χ2n) is 4.70. The third kappa shape index (κ3) is 5.18. The van der Waals surface area contributed by atoms with Crippen LogP contribution in [0, 0.1) is 0 Å². The Hall–Kier alpha value is -0.200. The first kappa shape index (κ1) is 20.8. The average Bonchev–Trinajstić information content (AvgIpc) is 2.38. The van der Waals surface area contributed by atoms with Crippen molar-refractivity contribution in [3.05, 3.63) is 34.3 Å². The molecule has 0 aliphatic carbocycles. The monoisotopic (exact) mass is 364 g/mol. The van der Waals surface area contributed by atoms with Crippen molar-refractivity contribution in [3.8, 4) is 0 Å². The van der Waals surface area contributed by atoms with Crippen molar-refractivity contribution in [3.63, 3.8) is 0 Å². The Labute approximate surface area is 139 Å². The highest BCUT2D eigenvalue weighted by Crippen LogP contribution is 2.35. The average molecular weight is 366 g/mol. The molecule has 0 radical (unpaired) electrons. The Bertz CT molecular complexity index is 449. The van der Waals surface area contributed by atoms with Gasteiger partial charge < -0.3 is 5.32 Å². The lowest BCUT2D eigenvalue weighted by Crippen LogP contribution is -2.44. The standard InChI is InChI=1S/C13H16ClF3N2.2ClH/c1-9(19-6-4-18-5-7-19)11-8-10(13(15,16)17)2-3-12(11)14;;/h2-3,8-9,18H,4-7H2,1H3;2*1H/t9-;;/m0../s1. The number of piperazine rings is 1. The van der Waals surface area contributed by atoms with Crippen LogP contribution in [0.5, 0.6) is 0 Å². The Morgan fingerprint density at radius 3 is 2.29 bits per heavy atom. The SMILES string of the molecule is C[C@@H](c1cc(C(F)(F)F)ccc1Cl)N1CCNCC1.Cl.Cl. The van der Waals surface area contributed by atoms with Crippen LogP contribution in [0.1, 0.15) is 24.1 Å². The number of rotatable bonds is 2. The topological polar surface area (TPSA) is 15.3 Å². The van der Waals surface area contributed by atoms with Crippen LogP contribution in [-0.2, 0) is 6.18 Å². The molecule has 21 heavy (non-hydrogen) atoms. The Balaban J connectivity index is 0.00000200. The van der Waals surface area contributed by atoms with Gasteiger partial charge in [-0.15, -0.1) is 24.8 Å². The summed E-state index contributed by atoms with van der Waals surface area (Å²) in [7, 11) is 0. The van der Waals surface area contributed by atoms with Crippen LogP contribution >= 0.6 is 36.4 Å². The number of hydrogen-bond acceptors (Lipinski definition) is 2. The van der Waals surface area contributed by atoms with Crippen LogP contribution in [0.3, 0.4) is 0 Å². The lowest BCUT2D eigenvalue weighted by molar-refractivity contribution is -0.137. The lowest BCUT2D eigenvalue weighted by Gasteiger charge is -2.33. The summed E-state index contributed by atoms with van der Waals surface area (Å²) in [4.78, 5) is 2.14. The molecule has 1 N–H and O–H groups in total. The zero-order valence-corrected chi connectivity index (χ0v) is 13.8. The third-order valence-electron chi connectivity index (χ3n) is 3.47. The minimum absolute atomic E-state index is 0. The molecule has 1 aromatic rings. The van der Waals surface area contributed by atoms with Crippen molar-refractivity contribution < 1.29 is 13.2 Å². The Kier molecular flexibility index (Phi) is 8.36. The van der Waals surface area contributed by atoms with Crippen LogP contribution < -0.4 is 5.32 Å². The van der Waals surface area contributed by atoms with Crippen molar-refractivity contribution in [1.82, 2.24) is 10.2 Å². The molecule has 1 atom stereocenters. The van der Waals surface area contributed by atoms with E-state index in [0.717, 1.165) is 38.3 Å². The van der Waals surface area contributed by atoms with Crippen molar-refractivity contribution in [2.45, 2.75) is 19.1 Å². The van der Waals surface area contributed by atoms with Gasteiger partial charge in [0.05, 0.1) is 5.56 Å². The highest BCUT2D eigenvalue weighted by atomic mass is 35.5. The maximum Gasteiger partial charge on any atom is 0.416 e. The van der Waals surface area contributed by atoms with E-state index in [4.69, 9.17) is 11.6 Å². The smallest absolute Gasteiger partial charge is 0.314 e. The zero-order valence-electron chi connectivity index (χ0n) is 11.4. The summed E-state index contributed by atoms with van der Waals surface area (Å²) in [5, 5.41) is 3.60. The van der Waals surface area contributed by atoms with Crippen molar-refractivity contribution in [2.75, 3.05) is 26.2 Å². The highest BCUT2D eigenvalue weighted by molar-refractivity contribution is 6.31. The van der Waals surface area contributed by atoms with Gasteiger partial charge in [-0.2, -0.15) is 13.2 Å². The molecule has 0 unspecified atom stereocenters. The van der Waals surface area contributed by atoms with Crippen molar-refractivity contribution in [1.29, 1.82) is 0 Å². The molecular formula is C13H18Cl3F3N2. The molecule has 0 spiro atoms. The Morgan fingerprint density at radius 2 is 1.76 bits per heavy atom. The van der Waals surface area contributed by atoms with Gasteiger partial charge in [-0.25, -0.2) is 0 Å². The molecule has 1 aliphatic heterocycles. The molecule has 1 aromatic carbocycles. The summed E-state index contributed by atoms with van der Waals surface area (Å²) in [6.07, 6.45) is -4.33. The number of nitrogens with zero attached hydrogens (tertiary/aromatic N) is 1. The number of halogens is 6. The second kappa shape index (κ2) is 8.44. The molecule has 0 bridgehead atoms.